The van der Waals surface area contributed by atoms with Gasteiger partial charge in [0.15, 0.2) is 29.1 Å². The van der Waals surface area contributed by atoms with Crippen LogP contribution >= 0.6 is 0 Å². The quantitative estimate of drug-likeness (QED) is 0.151. The number of para-hydroxylation sites is 2. The molecule has 12 aromatic rings. The van der Waals surface area contributed by atoms with Crippen LogP contribution in [0.2, 0.25) is 0 Å². The summed E-state index contributed by atoms with van der Waals surface area (Å²) >= 11 is 0. The summed E-state index contributed by atoms with van der Waals surface area (Å²) in [6.07, 6.45) is 6.48. The third kappa shape index (κ3) is 6.69. The molecule has 13 rings (SSSR count). The van der Waals surface area contributed by atoms with Crippen molar-refractivity contribution in [1.82, 2.24) is 39.0 Å². The van der Waals surface area contributed by atoms with Crippen LogP contribution in [0, 0.1) is 0 Å². The summed E-state index contributed by atoms with van der Waals surface area (Å²) in [6.45, 7) is 0. The zero-order chi connectivity index (χ0) is 45.0. The van der Waals surface area contributed by atoms with Crippen molar-refractivity contribution in [2.75, 3.05) is 0 Å². The van der Waals surface area contributed by atoms with Gasteiger partial charge in [-0.15, -0.1) is 0 Å². The first-order valence-corrected chi connectivity index (χ1v) is 22.9. The molecule has 0 saturated carbocycles. The largest absolute Gasteiger partial charge is 0.310 e. The van der Waals surface area contributed by atoms with Crippen LogP contribution in [0.25, 0.3) is 118 Å². The standard InChI is InChI=1S/C60H40N8/c1-5-20-39(21-6-1)45-30-13-16-33-50(45)67-51-34-17-14-31-46(51)48-36-37-49-47-32-15-18-35-52(47)68(54(49)53(48)67)60-65-57(42-26-11-4-12-27-42)64-59(66-60)44-29-19-28-43(38-44)58-62-55(40-22-7-2-8-23-40)61-56(63-58)41-24-9-3-10-25-41/h1-16,18-33,35-38H,17,34H2. The third-order valence-corrected chi connectivity index (χ3v) is 12.9. The molecular weight excluding hydrogens is 833 g/mol. The minimum Gasteiger partial charge on any atom is -0.310 e. The van der Waals surface area contributed by atoms with Gasteiger partial charge in [-0.2, -0.15) is 9.97 Å². The minimum atomic E-state index is 0.522. The molecule has 8 aromatic carbocycles. The molecule has 4 heterocycles. The Balaban J connectivity index is 1.07. The van der Waals surface area contributed by atoms with Crippen molar-refractivity contribution in [2.45, 2.75) is 12.8 Å². The summed E-state index contributed by atoms with van der Waals surface area (Å²) in [6, 6.07) is 71.0. The fourth-order valence-electron chi connectivity index (χ4n) is 9.80. The molecule has 1 aliphatic rings. The monoisotopic (exact) mass is 872 g/mol. The zero-order valence-electron chi connectivity index (χ0n) is 36.8. The van der Waals surface area contributed by atoms with Crippen molar-refractivity contribution in [3.05, 3.63) is 224 Å². The molecule has 0 atom stereocenters. The molecule has 68 heavy (non-hydrogen) atoms. The van der Waals surface area contributed by atoms with Crippen molar-refractivity contribution in [3.63, 3.8) is 0 Å². The maximum atomic E-state index is 5.46. The highest BCUT2D eigenvalue weighted by molar-refractivity contribution is 6.19. The van der Waals surface area contributed by atoms with Crippen LogP contribution in [-0.4, -0.2) is 39.0 Å². The van der Waals surface area contributed by atoms with Gasteiger partial charge in [0.05, 0.1) is 22.2 Å². The highest BCUT2D eigenvalue weighted by Crippen LogP contribution is 2.44. The van der Waals surface area contributed by atoms with Crippen molar-refractivity contribution in [3.8, 4) is 79.7 Å². The molecular formula is C60H40N8. The van der Waals surface area contributed by atoms with Gasteiger partial charge in [0.2, 0.25) is 5.95 Å². The molecule has 0 N–H and O–H groups in total. The second kappa shape index (κ2) is 16.4. The average molecular weight is 873 g/mol. The Morgan fingerprint density at radius 2 is 0.824 bits per heavy atom. The van der Waals surface area contributed by atoms with Gasteiger partial charge in [-0.05, 0) is 36.6 Å². The summed E-state index contributed by atoms with van der Waals surface area (Å²) < 4.78 is 4.77. The lowest BCUT2D eigenvalue weighted by molar-refractivity contribution is 0.888. The lowest BCUT2D eigenvalue weighted by Crippen LogP contribution is -2.08. The minimum absolute atomic E-state index is 0.522. The summed E-state index contributed by atoms with van der Waals surface area (Å²) in [5.41, 5.74) is 13.5. The van der Waals surface area contributed by atoms with Crippen molar-refractivity contribution in [1.29, 1.82) is 0 Å². The van der Waals surface area contributed by atoms with E-state index in [1.165, 1.54) is 27.8 Å². The van der Waals surface area contributed by atoms with Gasteiger partial charge in [-0.25, -0.2) is 19.9 Å². The molecule has 0 aliphatic heterocycles. The van der Waals surface area contributed by atoms with E-state index in [1.54, 1.807) is 0 Å². The Hall–Kier alpha value is -9.14. The van der Waals surface area contributed by atoms with Crippen LogP contribution in [0.3, 0.4) is 0 Å². The first kappa shape index (κ1) is 39.2. The number of benzene rings is 8. The molecule has 0 unspecified atom stereocenters. The number of rotatable bonds is 8. The smallest absolute Gasteiger partial charge is 0.238 e. The molecule has 1 aliphatic carbocycles. The number of fused-ring (bicyclic) bond motifs is 7. The normalized spacial score (nSPS) is 12.2. The van der Waals surface area contributed by atoms with Crippen LogP contribution < -0.4 is 0 Å². The summed E-state index contributed by atoms with van der Waals surface area (Å²) in [5.74, 6) is 3.37. The van der Waals surface area contributed by atoms with Crippen LogP contribution in [0.4, 0.5) is 0 Å². The SMILES string of the molecule is C1=Cc2c(n(-c3ccccc3-c3ccccc3)c3c2ccc2c4ccccc4n(-c4nc(-c5ccccc5)nc(-c5cccc(-c6nc(-c7ccccc7)nc(-c7ccccc7)n6)c5)n4)c23)CC1. The van der Waals surface area contributed by atoms with E-state index in [0.717, 1.165) is 73.7 Å². The summed E-state index contributed by atoms with van der Waals surface area (Å²) in [5, 5.41) is 3.42. The first-order valence-electron chi connectivity index (χ1n) is 22.9. The van der Waals surface area contributed by atoms with E-state index in [4.69, 9.17) is 29.9 Å². The highest BCUT2D eigenvalue weighted by atomic mass is 15.2. The van der Waals surface area contributed by atoms with Gasteiger partial charge >= 0.3 is 0 Å². The zero-order valence-corrected chi connectivity index (χ0v) is 36.8. The maximum absolute atomic E-state index is 5.46. The Morgan fingerprint density at radius 3 is 1.46 bits per heavy atom. The van der Waals surface area contributed by atoms with E-state index in [2.05, 4.69) is 130 Å². The van der Waals surface area contributed by atoms with Crippen molar-refractivity contribution >= 4 is 38.8 Å². The molecule has 8 heteroatoms. The van der Waals surface area contributed by atoms with Crippen LogP contribution in [-0.2, 0) is 6.42 Å². The molecule has 0 amide bonds. The molecule has 0 spiro atoms. The second-order valence-corrected chi connectivity index (χ2v) is 17.0. The van der Waals surface area contributed by atoms with Gasteiger partial charge in [0, 0.05) is 60.8 Å². The summed E-state index contributed by atoms with van der Waals surface area (Å²) in [7, 11) is 0. The van der Waals surface area contributed by atoms with Gasteiger partial charge in [-0.1, -0.05) is 200 Å². The Labute approximate surface area is 392 Å². The Morgan fingerprint density at radius 1 is 0.353 bits per heavy atom. The topological polar surface area (TPSA) is 87.2 Å². The van der Waals surface area contributed by atoms with Crippen molar-refractivity contribution in [2.24, 2.45) is 0 Å². The highest BCUT2D eigenvalue weighted by Gasteiger charge is 2.27. The summed E-state index contributed by atoms with van der Waals surface area (Å²) in [4.78, 5) is 31.1. The molecule has 0 bridgehead atoms. The molecule has 320 valence electrons. The average Bonchev–Trinajstić information content (AvgIpc) is 3.95. The predicted molar refractivity (Wildman–Crippen MR) is 274 cm³/mol. The Kier molecular flexibility index (Phi) is 9.45. The molecule has 4 aromatic heterocycles. The van der Waals surface area contributed by atoms with Crippen molar-refractivity contribution < 1.29 is 0 Å². The van der Waals surface area contributed by atoms with Gasteiger partial charge in [0.25, 0.3) is 0 Å². The van der Waals surface area contributed by atoms with E-state index in [9.17, 15) is 0 Å². The van der Waals surface area contributed by atoms with Gasteiger partial charge < -0.3 is 4.57 Å². The van der Waals surface area contributed by atoms with Gasteiger partial charge in [-0.3, -0.25) is 4.57 Å². The Bertz CT molecular complexity index is 3840. The lowest BCUT2D eigenvalue weighted by Gasteiger charge is -2.18. The van der Waals surface area contributed by atoms with Gasteiger partial charge in [0.1, 0.15) is 0 Å². The lowest BCUT2D eigenvalue weighted by atomic mass is 10.0. The fraction of sp³-hybridized carbons (Fsp3) is 0.0333. The second-order valence-electron chi connectivity index (χ2n) is 17.0. The number of nitrogens with zero attached hydrogens (tertiary/aromatic N) is 8. The maximum Gasteiger partial charge on any atom is 0.238 e. The molecule has 8 nitrogen and oxygen atoms in total. The van der Waals surface area contributed by atoms with Crippen LogP contribution in [0.15, 0.2) is 212 Å². The van der Waals surface area contributed by atoms with E-state index in [-0.39, 0.29) is 0 Å². The predicted octanol–water partition coefficient (Wildman–Crippen LogP) is 14.1. The van der Waals surface area contributed by atoms with E-state index in [0.29, 0.717) is 35.1 Å². The van der Waals surface area contributed by atoms with E-state index < -0.39 is 0 Å². The van der Waals surface area contributed by atoms with E-state index in [1.807, 2.05) is 97.1 Å². The number of hydrogen-bond donors (Lipinski definition) is 0. The third-order valence-electron chi connectivity index (χ3n) is 12.9. The van der Waals surface area contributed by atoms with Crippen LogP contribution in [0.1, 0.15) is 17.7 Å². The molecule has 0 radical (unpaired) electrons. The van der Waals surface area contributed by atoms with Crippen LogP contribution in [0.5, 0.6) is 0 Å². The van der Waals surface area contributed by atoms with E-state index >= 15 is 0 Å². The first-order chi connectivity index (χ1) is 33.7. The molecule has 0 saturated heterocycles. The fourth-order valence-corrected chi connectivity index (χ4v) is 9.80. The number of aromatic nitrogens is 8. The number of allylic oxidation sites excluding steroid dienone is 1. The number of hydrogen-bond acceptors (Lipinski definition) is 6. The molecule has 0 fully saturated rings.